The number of aryl methyl sites for hydroxylation is 2. The highest BCUT2D eigenvalue weighted by atomic mass is 127. The lowest BCUT2D eigenvalue weighted by Gasteiger charge is -2.13. The molecule has 0 amide bonds. The van der Waals surface area contributed by atoms with E-state index in [0.29, 0.717) is 32.0 Å². The summed E-state index contributed by atoms with van der Waals surface area (Å²) in [5.41, 5.74) is 9.61. The average molecular weight is 450 g/mol. The third-order valence-electron chi connectivity index (χ3n) is 4.21. The normalized spacial score (nSPS) is 20.1. The zero-order valence-electron chi connectivity index (χ0n) is 13.0. The number of anilines is 1. The molecule has 1 aromatic carbocycles. The molecule has 1 fully saturated rings. The van der Waals surface area contributed by atoms with Gasteiger partial charge in [-0.2, -0.15) is 0 Å². The van der Waals surface area contributed by atoms with Gasteiger partial charge in [0.25, 0.3) is 0 Å². The molecule has 1 heterocycles. The number of guanidine groups is 1. The van der Waals surface area contributed by atoms with E-state index < -0.39 is 10.0 Å². The van der Waals surface area contributed by atoms with Crippen LogP contribution in [0.25, 0.3) is 0 Å². The van der Waals surface area contributed by atoms with Crippen molar-refractivity contribution < 1.29 is 8.42 Å². The van der Waals surface area contributed by atoms with E-state index in [1.807, 2.05) is 6.07 Å². The number of hydrogen-bond donors (Lipinski definition) is 2. The number of nitrogens with zero attached hydrogens (tertiary/aromatic N) is 2. The minimum atomic E-state index is -3.05. The Morgan fingerprint density at radius 2 is 2.04 bits per heavy atom. The van der Waals surface area contributed by atoms with Crippen LogP contribution in [-0.4, -0.2) is 44.1 Å². The number of nitrogens with one attached hydrogen (secondary N) is 1. The predicted molar refractivity (Wildman–Crippen MR) is 104 cm³/mol. The summed E-state index contributed by atoms with van der Waals surface area (Å²) in [6, 6.07) is 6.27. The van der Waals surface area contributed by atoms with Crippen LogP contribution in [0.2, 0.25) is 0 Å². The second-order valence-corrected chi connectivity index (χ2v) is 7.89. The van der Waals surface area contributed by atoms with Crippen molar-refractivity contribution in [1.82, 2.24) is 4.31 Å². The van der Waals surface area contributed by atoms with Crippen LogP contribution in [0.4, 0.5) is 5.69 Å². The number of aliphatic imine (C=N–C) groups is 1. The Labute approximate surface area is 154 Å². The molecule has 0 bridgehead atoms. The second kappa shape index (κ2) is 7.80. The monoisotopic (exact) mass is 450 g/mol. The summed E-state index contributed by atoms with van der Waals surface area (Å²) in [6.07, 6.45) is 4.19. The van der Waals surface area contributed by atoms with E-state index >= 15 is 0 Å². The van der Waals surface area contributed by atoms with Crippen LogP contribution in [0, 0.1) is 0 Å². The average Bonchev–Trinajstić information content (AvgIpc) is 3.05. The molecule has 0 unspecified atom stereocenters. The van der Waals surface area contributed by atoms with E-state index in [1.54, 1.807) is 0 Å². The smallest absolute Gasteiger partial charge is 0.214 e. The molecule has 0 radical (unpaired) electrons. The van der Waals surface area contributed by atoms with Crippen LogP contribution >= 0.6 is 24.0 Å². The molecular weight excluding hydrogens is 427 g/mol. The van der Waals surface area contributed by atoms with Gasteiger partial charge in [0.05, 0.1) is 12.3 Å². The van der Waals surface area contributed by atoms with Crippen molar-refractivity contribution in [2.24, 2.45) is 10.7 Å². The molecule has 1 aromatic rings. The highest BCUT2D eigenvalue weighted by Gasteiger charge is 2.27. The zero-order chi connectivity index (χ0) is 15.6. The van der Waals surface area contributed by atoms with Gasteiger partial charge in [0.15, 0.2) is 5.96 Å². The molecule has 1 aliphatic heterocycles. The predicted octanol–water partition coefficient (Wildman–Crippen LogP) is 1.56. The lowest BCUT2D eigenvalue weighted by molar-refractivity contribution is 0.452. The molecule has 1 saturated heterocycles. The SMILES string of the molecule is I.NC(=NCCN1CCCS1(=O)=O)Nc1ccc2c(c1)CCC2. The highest BCUT2D eigenvalue weighted by Crippen LogP contribution is 2.24. The zero-order valence-corrected chi connectivity index (χ0v) is 16.1. The third-order valence-corrected chi connectivity index (χ3v) is 6.16. The first-order chi connectivity index (χ1) is 10.5. The van der Waals surface area contributed by atoms with Crippen molar-refractivity contribution in [2.75, 3.05) is 30.7 Å². The second-order valence-electron chi connectivity index (χ2n) is 5.80. The maximum Gasteiger partial charge on any atom is 0.214 e. The fraction of sp³-hybridized carbons (Fsp3) is 0.533. The molecule has 8 heteroatoms. The fourth-order valence-corrected chi connectivity index (χ4v) is 4.58. The quantitative estimate of drug-likeness (QED) is 0.414. The number of benzene rings is 1. The topological polar surface area (TPSA) is 87.8 Å². The van der Waals surface area contributed by atoms with E-state index in [-0.39, 0.29) is 29.7 Å². The Kier molecular flexibility index (Phi) is 6.26. The van der Waals surface area contributed by atoms with Gasteiger partial charge in [0, 0.05) is 18.8 Å². The van der Waals surface area contributed by atoms with Crippen molar-refractivity contribution in [2.45, 2.75) is 25.7 Å². The number of hydrogen-bond acceptors (Lipinski definition) is 3. The van der Waals surface area contributed by atoms with Crippen molar-refractivity contribution in [1.29, 1.82) is 0 Å². The Morgan fingerprint density at radius 1 is 1.26 bits per heavy atom. The minimum absolute atomic E-state index is 0. The van der Waals surface area contributed by atoms with Crippen molar-refractivity contribution >= 4 is 45.6 Å². The summed E-state index contributed by atoms with van der Waals surface area (Å²) in [5, 5.41) is 3.08. The lowest BCUT2D eigenvalue weighted by Crippen LogP contribution is -2.30. The number of rotatable bonds is 4. The summed E-state index contributed by atoms with van der Waals surface area (Å²) in [4.78, 5) is 4.22. The molecule has 2 aliphatic rings. The molecule has 0 spiro atoms. The van der Waals surface area contributed by atoms with Gasteiger partial charge in [-0.25, -0.2) is 12.7 Å². The van der Waals surface area contributed by atoms with Crippen LogP contribution in [0.1, 0.15) is 24.0 Å². The van der Waals surface area contributed by atoms with E-state index in [9.17, 15) is 8.42 Å². The molecule has 3 rings (SSSR count). The van der Waals surface area contributed by atoms with Gasteiger partial charge in [-0.3, -0.25) is 4.99 Å². The van der Waals surface area contributed by atoms with Crippen LogP contribution in [-0.2, 0) is 22.9 Å². The van der Waals surface area contributed by atoms with Gasteiger partial charge in [-0.1, -0.05) is 6.07 Å². The van der Waals surface area contributed by atoms with Gasteiger partial charge in [0.2, 0.25) is 10.0 Å². The van der Waals surface area contributed by atoms with Crippen molar-refractivity contribution in [3.8, 4) is 0 Å². The number of halogens is 1. The molecule has 6 nitrogen and oxygen atoms in total. The van der Waals surface area contributed by atoms with E-state index in [0.717, 1.165) is 18.5 Å². The summed E-state index contributed by atoms with van der Waals surface area (Å²) in [5.74, 6) is 0.578. The van der Waals surface area contributed by atoms with E-state index in [4.69, 9.17) is 5.73 Å². The van der Waals surface area contributed by atoms with Crippen LogP contribution < -0.4 is 11.1 Å². The Morgan fingerprint density at radius 3 is 2.78 bits per heavy atom. The molecule has 23 heavy (non-hydrogen) atoms. The van der Waals surface area contributed by atoms with Gasteiger partial charge in [-0.05, 0) is 48.9 Å². The Hall–Kier alpha value is -0.870. The number of sulfonamides is 1. The molecule has 3 N–H and O–H groups in total. The summed E-state index contributed by atoms with van der Waals surface area (Å²) >= 11 is 0. The van der Waals surface area contributed by atoms with Crippen LogP contribution in [0.5, 0.6) is 0 Å². The largest absolute Gasteiger partial charge is 0.370 e. The summed E-state index contributed by atoms with van der Waals surface area (Å²) < 4.78 is 24.8. The third kappa shape index (κ3) is 4.57. The molecule has 0 aromatic heterocycles. The van der Waals surface area contributed by atoms with E-state index in [2.05, 4.69) is 22.4 Å². The number of nitrogens with two attached hydrogens (primary N) is 1. The van der Waals surface area contributed by atoms with Gasteiger partial charge < -0.3 is 11.1 Å². The number of fused-ring (bicyclic) bond motifs is 1. The summed E-state index contributed by atoms with van der Waals surface area (Å²) in [7, 11) is -3.05. The first kappa shape index (κ1) is 18.5. The maximum absolute atomic E-state index is 11.7. The lowest BCUT2D eigenvalue weighted by atomic mass is 10.1. The Bertz CT molecular complexity index is 691. The first-order valence-electron chi connectivity index (χ1n) is 7.71. The first-order valence-corrected chi connectivity index (χ1v) is 9.32. The standard InChI is InChI=1S/C15H22N4O2S.HI/c16-15(17-7-9-19-8-2-10-22(19,20)21)18-14-6-5-12-3-1-4-13(12)11-14;/h5-6,11H,1-4,7-10H2,(H3,16,17,18);1H. The molecular formula is C15H23IN4O2S. The molecule has 0 saturated carbocycles. The fourth-order valence-electron chi connectivity index (χ4n) is 3.06. The van der Waals surface area contributed by atoms with Gasteiger partial charge in [0.1, 0.15) is 0 Å². The van der Waals surface area contributed by atoms with Gasteiger partial charge in [-0.15, -0.1) is 24.0 Å². The van der Waals surface area contributed by atoms with E-state index in [1.165, 1.54) is 21.9 Å². The maximum atomic E-state index is 11.7. The van der Waals surface area contributed by atoms with Crippen LogP contribution in [0.15, 0.2) is 23.2 Å². The minimum Gasteiger partial charge on any atom is -0.370 e. The summed E-state index contributed by atoms with van der Waals surface area (Å²) in [6.45, 7) is 1.37. The molecule has 128 valence electrons. The molecule has 1 aliphatic carbocycles. The Balaban J connectivity index is 0.00000192. The molecule has 0 atom stereocenters. The highest BCUT2D eigenvalue weighted by molar-refractivity contribution is 14.0. The van der Waals surface area contributed by atoms with Crippen LogP contribution in [0.3, 0.4) is 0 Å². The van der Waals surface area contributed by atoms with Crippen molar-refractivity contribution in [3.05, 3.63) is 29.3 Å². The van der Waals surface area contributed by atoms with Gasteiger partial charge >= 0.3 is 0 Å². The van der Waals surface area contributed by atoms with Crippen molar-refractivity contribution in [3.63, 3.8) is 0 Å².